The lowest BCUT2D eigenvalue weighted by molar-refractivity contribution is -0.174. The third-order valence-electron chi connectivity index (χ3n) is 3.30. The Hall–Kier alpha value is -0.160. The van der Waals surface area contributed by atoms with E-state index in [0.717, 1.165) is 0 Å². The van der Waals surface area contributed by atoms with Crippen LogP contribution in [0.2, 0.25) is 0 Å². The minimum absolute atomic E-state index is 0.00347. The molecule has 0 radical (unpaired) electrons. The second kappa shape index (κ2) is 4.84. The first-order valence-electron chi connectivity index (χ1n) is 6.51. The van der Waals surface area contributed by atoms with Crippen LogP contribution in [0.1, 0.15) is 34.6 Å². The first-order valence-corrected chi connectivity index (χ1v) is 6.51. The predicted molar refractivity (Wildman–Crippen MR) is 64.1 cm³/mol. The monoisotopic (exact) mass is 244 g/mol. The quantitative estimate of drug-likeness (QED) is 0.738. The molecule has 4 nitrogen and oxygen atoms in total. The number of hydrogen-bond donors (Lipinski definition) is 0. The van der Waals surface area contributed by atoms with Crippen LogP contribution < -0.4 is 0 Å². The Kier molecular flexibility index (Phi) is 3.78. The van der Waals surface area contributed by atoms with Gasteiger partial charge in [0.05, 0.1) is 31.5 Å². The molecule has 2 bridgehead atoms. The third-order valence-corrected chi connectivity index (χ3v) is 3.30. The van der Waals surface area contributed by atoms with Gasteiger partial charge in [0, 0.05) is 0 Å². The molecule has 2 aliphatic heterocycles. The molecule has 0 aromatic rings. The average Bonchev–Trinajstić information content (AvgIpc) is 2.67. The van der Waals surface area contributed by atoms with Crippen LogP contribution in [0.3, 0.4) is 0 Å². The molecular weight excluding hydrogens is 220 g/mol. The van der Waals surface area contributed by atoms with E-state index < -0.39 is 5.60 Å². The van der Waals surface area contributed by atoms with Crippen LogP contribution in [-0.4, -0.2) is 49.3 Å². The van der Waals surface area contributed by atoms with Crippen LogP contribution in [0, 0.1) is 0 Å². The lowest BCUT2D eigenvalue weighted by Crippen LogP contribution is -2.47. The topological polar surface area (TPSA) is 36.9 Å². The summed E-state index contributed by atoms with van der Waals surface area (Å²) in [6.07, 6.45) is 0.506. The summed E-state index contributed by atoms with van der Waals surface area (Å²) >= 11 is 0. The van der Waals surface area contributed by atoms with Crippen LogP contribution in [0.15, 0.2) is 0 Å². The van der Waals surface area contributed by atoms with Crippen LogP contribution in [0.25, 0.3) is 0 Å². The Morgan fingerprint density at radius 2 is 1.94 bits per heavy atom. The highest BCUT2D eigenvalue weighted by Gasteiger charge is 2.61. The summed E-state index contributed by atoms with van der Waals surface area (Å²) in [5.74, 6) is 0. The van der Waals surface area contributed by atoms with Crippen molar-refractivity contribution in [3.63, 3.8) is 0 Å². The molecule has 2 saturated heterocycles. The maximum absolute atomic E-state index is 6.04. The molecule has 4 atom stereocenters. The smallest absolute Gasteiger partial charge is 0.144 e. The van der Waals surface area contributed by atoms with Gasteiger partial charge in [0.25, 0.3) is 0 Å². The maximum atomic E-state index is 6.04. The van der Waals surface area contributed by atoms with E-state index in [9.17, 15) is 0 Å². The minimum atomic E-state index is -0.404. The van der Waals surface area contributed by atoms with Crippen molar-refractivity contribution < 1.29 is 18.9 Å². The molecule has 2 aliphatic rings. The van der Waals surface area contributed by atoms with Crippen molar-refractivity contribution in [2.24, 2.45) is 0 Å². The molecule has 17 heavy (non-hydrogen) atoms. The van der Waals surface area contributed by atoms with Crippen molar-refractivity contribution in [1.82, 2.24) is 0 Å². The van der Waals surface area contributed by atoms with Crippen LogP contribution >= 0.6 is 0 Å². The summed E-state index contributed by atoms with van der Waals surface area (Å²) in [7, 11) is 0. The van der Waals surface area contributed by atoms with E-state index in [2.05, 4.69) is 0 Å². The first-order chi connectivity index (χ1) is 7.94. The van der Waals surface area contributed by atoms with Crippen molar-refractivity contribution in [2.45, 2.75) is 70.7 Å². The molecule has 0 N–H and O–H groups in total. The Balaban J connectivity index is 2.07. The van der Waals surface area contributed by atoms with E-state index in [4.69, 9.17) is 18.9 Å². The van der Waals surface area contributed by atoms with Crippen molar-refractivity contribution in [3.05, 3.63) is 0 Å². The Bertz CT molecular complexity index is 266. The van der Waals surface area contributed by atoms with Gasteiger partial charge < -0.3 is 18.9 Å². The molecule has 100 valence electrons. The second-order valence-electron chi connectivity index (χ2n) is 5.63. The lowest BCUT2D eigenvalue weighted by Gasteiger charge is -2.31. The molecule has 2 fully saturated rings. The zero-order valence-electron chi connectivity index (χ0n) is 11.4. The largest absolute Gasteiger partial charge is 0.376 e. The Morgan fingerprint density at radius 3 is 2.47 bits per heavy atom. The van der Waals surface area contributed by atoms with E-state index in [1.54, 1.807) is 0 Å². The normalized spacial score (nSPS) is 40.8. The molecule has 2 rings (SSSR count). The molecule has 0 saturated carbocycles. The highest BCUT2D eigenvalue weighted by atomic mass is 16.7. The fourth-order valence-electron chi connectivity index (χ4n) is 2.59. The fraction of sp³-hybridized carbons (Fsp3) is 1.00. The van der Waals surface area contributed by atoms with Crippen molar-refractivity contribution in [1.29, 1.82) is 0 Å². The van der Waals surface area contributed by atoms with E-state index in [1.807, 2.05) is 34.6 Å². The predicted octanol–water partition coefficient (Wildman–Crippen LogP) is 1.76. The van der Waals surface area contributed by atoms with Gasteiger partial charge in [0.2, 0.25) is 0 Å². The highest BCUT2D eigenvalue weighted by Crippen LogP contribution is 2.42. The van der Waals surface area contributed by atoms with E-state index in [0.29, 0.717) is 13.2 Å². The zero-order valence-corrected chi connectivity index (χ0v) is 11.4. The fourth-order valence-corrected chi connectivity index (χ4v) is 2.59. The molecule has 0 aromatic carbocycles. The zero-order chi connectivity index (χ0) is 12.6. The van der Waals surface area contributed by atoms with Crippen LogP contribution in [-0.2, 0) is 18.9 Å². The molecule has 0 amide bonds. The molecule has 0 aromatic heterocycles. The Labute approximate surface area is 104 Å². The molecule has 2 heterocycles. The van der Waals surface area contributed by atoms with Gasteiger partial charge in [-0.05, 0) is 34.6 Å². The summed E-state index contributed by atoms with van der Waals surface area (Å²) in [6, 6.07) is 0. The van der Waals surface area contributed by atoms with Gasteiger partial charge in [-0.3, -0.25) is 0 Å². The summed E-state index contributed by atoms with van der Waals surface area (Å²) in [5, 5.41) is 0. The summed E-state index contributed by atoms with van der Waals surface area (Å²) in [4.78, 5) is 0. The van der Waals surface area contributed by atoms with Crippen molar-refractivity contribution >= 4 is 0 Å². The third kappa shape index (κ3) is 2.50. The van der Waals surface area contributed by atoms with Gasteiger partial charge in [-0.2, -0.15) is 0 Å². The van der Waals surface area contributed by atoms with Crippen LogP contribution in [0.4, 0.5) is 0 Å². The SMILES string of the molecule is CC(C)OC[C@@]12CO[C@@H]([C@H](C)O1)[C@@H]2OC(C)C. The molecular formula is C13H24O4. The lowest BCUT2D eigenvalue weighted by atomic mass is 9.99. The number of ether oxygens (including phenoxy) is 4. The van der Waals surface area contributed by atoms with Gasteiger partial charge >= 0.3 is 0 Å². The van der Waals surface area contributed by atoms with Gasteiger partial charge in [0.15, 0.2) is 0 Å². The van der Waals surface area contributed by atoms with Crippen LogP contribution in [0.5, 0.6) is 0 Å². The van der Waals surface area contributed by atoms with Gasteiger partial charge in [-0.25, -0.2) is 0 Å². The standard InChI is InChI=1S/C13H24O4/c1-8(2)14-6-13-7-15-11(10(5)17-13)12(13)16-9(3)4/h8-12H,6-7H2,1-5H3/t10-,11-,12-,13-/m0/s1. The number of hydrogen-bond acceptors (Lipinski definition) is 4. The molecule has 4 heteroatoms. The first kappa shape index (κ1) is 13.3. The molecule has 0 unspecified atom stereocenters. The van der Waals surface area contributed by atoms with E-state index in [-0.39, 0.29) is 30.5 Å². The number of fused-ring (bicyclic) bond motifs is 2. The minimum Gasteiger partial charge on any atom is -0.376 e. The Morgan fingerprint density at radius 1 is 1.24 bits per heavy atom. The summed E-state index contributed by atoms with van der Waals surface area (Å²) in [6.45, 7) is 11.3. The molecule has 0 aliphatic carbocycles. The van der Waals surface area contributed by atoms with Gasteiger partial charge in [-0.1, -0.05) is 0 Å². The van der Waals surface area contributed by atoms with E-state index in [1.165, 1.54) is 0 Å². The maximum Gasteiger partial charge on any atom is 0.144 e. The van der Waals surface area contributed by atoms with Crippen molar-refractivity contribution in [2.75, 3.05) is 13.2 Å². The second-order valence-corrected chi connectivity index (χ2v) is 5.63. The van der Waals surface area contributed by atoms with E-state index >= 15 is 0 Å². The van der Waals surface area contributed by atoms with Gasteiger partial charge in [0.1, 0.15) is 17.8 Å². The van der Waals surface area contributed by atoms with Gasteiger partial charge in [-0.15, -0.1) is 0 Å². The number of rotatable bonds is 5. The average molecular weight is 244 g/mol. The summed E-state index contributed by atoms with van der Waals surface area (Å²) in [5.41, 5.74) is -0.404. The summed E-state index contributed by atoms with van der Waals surface area (Å²) < 4.78 is 23.5. The highest BCUT2D eigenvalue weighted by molar-refractivity contribution is 5.08. The molecule has 0 spiro atoms. The van der Waals surface area contributed by atoms with Crippen molar-refractivity contribution in [3.8, 4) is 0 Å².